The number of unbranched alkanes of at least 4 members (excludes halogenated alkanes) is 1. The van der Waals surface area contributed by atoms with E-state index in [1.54, 1.807) is 7.11 Å². The van der Waals surface area contributed by atoms with Gasteiger partial charge in [0.15, 0.2) is 0 Å². The van der Waals surface area contributed by atoms with Crippen LogP contribution in [0.25, 0.3) is 0 Å². The second kappa shape index (κ2) is 10.1. The van der Waals surface area contributed by atoms with Gasteiger partial charge in [-0.1, -0.05) is 25.5 Å². The molecule has 5 nitrogen and oxygen atoms in total. The second-order valence-electron chi connectivity index (χ2n) is 4.45. The number of methoxy groups -OCH3 is 1. The van der Waals surface area contributed by atoms with Gasteiger partial charge in [0.1, 0.15) is 12.4 Å². The molecule has 112 valence electrons. The highest BCUT2D eigenvalue weighted by Gasteiger charge is 2.00. The van der Waals surface area contributed by atoms with E-state index in [0.717, 1.165) is 24.2 Å². The maximum absolute atomic E-state index is 11.5. The van der Waals surface area contributed by atoms with Crippen molar-refractivity contribution < 1.29 is 14.3 Å². The Morgan fingerprint density at radius 3 is 2.55 bits per heavy atom. The Bertz CT molecular complexity index is 379. The van der Waals surface area contributed by atoms with Crippen molar-refractivity contribution in [2.45, 2.75) is 26.3 Å². The maximum Gasteiger partial charge on any atom is 0.315 e. The van der Waals surface area contributed by atoms with Crippen LogP contribution in [0.3, 0.4) is 0 Å². The highest BCUT2D eigenvalue weighted by atomic mass is 16.5. The average molecular weight is 280 g/mol. The third-order valence-electron chi connectivity index (χ3n) is 2.75. The molecule has 1 aromatic carbocycles. The molecule has 0 aliphatic rings. The summed E-state index contributed by atoms with van der Waals surface area (Å²) < 4.78 is 10.4. The third kappa shape index (κ3) is 6.99. The molecule has 1 aromatic rings. The summed E-state index contributed by atoms with van der Waals surface area (Å²) in [6.45, 7) is 4.43. The number of benzene rings is 1. The van der Waals surface area contributed by atoms with Gasteiger partial charge in [0.2, 0.25) is 0 Å². The summed E-state index contributed by atoms with van der Waals surface area (Å²) in [5.74, 6) is 0.804. The van der Waals surface area contributed by atoms with E-state index in [4.69, 9.17) is 9.47 Å². The second-order valence-corrected chi connectivity index (χ2v) is 4.45. The van der Waals surface area contributed by atoms with Gasteiger partial charge in [-0.2, -0.15) is 0 Å². The summed E-state index contributed by atoms with van der Waals surface area (Å²) in [6.07, 6.45) is 2.08. The molecular formula is C15H24N2O3. The van der Waals surface area contributed by atoms with Crippen molar-refractivity contribution in [1.82, 2.24) is 10.6 Å². The number of carbonyl (C=O) groups excluding carboxylic acids is 1. The van der Waals surface area contributed by atoms with Crippen LogP contribution in [0.1, 0.15) is 25.3 Å². The van der Waals surface area contributed by atoms with Crippen LogP contribution in [0, 0.1) is 0 Å². The molecule has 0 saturated heterocycles. The monoisotopic (exact) mass is 280 g/mol. The Balaban J connectivity index is 2.25. The molecule has 0 fully saturated rings. The van der Waals surface area contributed by atoms with E-state index >= 15 is 0 Å². The Hall–Kier alpha value is -1.75. The van der Waals surface area contributed by atoms with Crippen LogP contribution >= 0.6 is 0 Å². The van der Waals surface area contributed by atoms with Gasteiger partial charge in [0.05, 0.1) is 6.61 Å². The Morgan fingerprint density at radius 1 is 1.15 bits per heavy atom. The zero-order valence-corrected chi connectivity index (χ0v) is 12.3. The standard InChI is InChI=1S/C15H24N2O3/c1-3-4-9-16-15(18)17-12-13-5-7-14(8-6-13)20-11-10-19-2/h5-8H,3-4,9-12H2,1-2H3,(H2,16,17,18). The van der Waals surface area contributed by atoms with Crippen LogP contribution in [-0.4, -0.2) is 32.9 Å². The summed E-state index contributed by atoms with van der Waals surface area (Å²) >= 11 is 0. The normalized spacial score (nSPS) is 10.1. The minimum absolute atomic E-state index is 0.126. The predicted molar refractivity (Wildman–Crippen MR) is 79.0 cm³/mol. The Morgan fingerprint density at radius 2 is 1.90 bits per heavy atom. The number of amides is 2. The molecule has 0 radical (unpaired) electrons. The van der Waals surface area contributed by atoms with Gasteiger partial charge in [0.25, 0.3) is 0 Å². The fourth-order valence-electron chi connectivity index (χ4n) is 1.57. The number of carbonyl (C=O) groups is 1. The van der Waals surface area contributed by atoms with E-state index in [-0.39, 0.29) is 6.03 Å². The van der Waals surface area contributed by atoms with Crippen LogP contribution in [0.15, 0.2) is 24.3 Å². The molecule has 2 N–H and O–H groups in total. The molecule has 0 heterocycles. The van der Waals surface area contributed by atoms with Crippen LogP contribution in [0.4, 0.5) is 4.79 Å². The van der Waals surface area contributed by atoms with Crippen molar-refractivity contribution in [2.24, 2.45) is 0 Å². The van der Waals surface area contributed by atoms with Crippen LogP contribution in [0.5, 0.6) is 5.75 Å². The van der Waals surface area contributed by atoms with Gasteiger partial charge in [-0.25, -0.2) is 4.79 Å². The van der Waals surface area contributed by atoms with Gasteiger partial charge in [-0.3, -0.25) is 0 Å². The summed E-state index contributed by atoms with van der Waals surface area (Å²) in [4.78, 5) is 11.5. The first kappa shape index (κ1) is 16.3. The van der Waals surface area contributed by atoms with Crippen molar-refractivity contribution >= 4 is 6.03 Å². The number of ether oxygens (including phenoxy) is 2. The first-order valence-electron chi connectivity index (χ1n) is 6.98. The van der Waals surface area contributed by atoms with Crippen molar-refractivity contribution in [3.63, 3.8) is 0 Å². The number of hydrogen-bond donors (Lipinski definition) is 2. The molecule has 1 rings (SSSR count). The minimum atomic E-state index is -0.126. The topological polar surface area (TPSA) is 59.6 Å². The van der Waals surface area contributed by atoms with E-state index in [1.807, 2.05) is 24.3 Å². The molecule has 2 amide bonds. The highest BCUT2D eigenvalue weighted by molar-refractivity contribution is 5.73. The zero-order valence-electron chi connectivity index (χ0n) is 12.3. The zero-order chi connectivity index (χ0) is 14.6. The Labute approximate surface area is 120 Å². The van der Waals surface area contributed by atoms with Gasteiger partial charge in [-0.15, -0.1) is 0 Å². The van der Waals surface area contributed by atoms with Crippen LogP contribution in [-0.2, 0) is 11.3 Å². The van der Waals surface area contributed by atoms with Crippen molar-refractivity contribution in [2.75, 3.05) is 26.9 Å². The lowest BCUT2D eigenvalue weighted by Crippen LogP contribution is -2.35. The quantitative estimate of drug-likeness (QED) is 0.682. The molecule has 0 aromatic heterocycles. The first-order valence-corrected chi connectivity index (χ1v) is 6.98. The average Bonchev–Trinajstić information content (AvgIpc) is 2.47. The molecule has 5 heteroatoms. The van der Waals surface area contributed by atoms with Gasteiger partial charge >= 0.3 is 6.03 Å². The summed E-state index contributed by atoms with van der Waals surface area (Å²) in [7, 11) is 1.64. The number of rotatable bonds is 9. The lowest BCUT2D eigenvalue weighted by molar-refractivity contribution is 0.146. The van der Waals surface area contributed by atoms with Crippen LogP contribution < -0.4 is 15.4 Å². The molecule has 0 atom stereocenters. The number of urea groups is 1. The first-order chi connectivity index (χ1) is 9.76. The largest absolute Gasteiger partial charge is 0.491 e. The van der Waals surface area contributed by atoms with E-state index in [9.17, 15) is 4.79 Å². The van der Waals surface area contributed by atoms with Crippen molar-refractivity contribution in [1.29, 1.82) is 0 Å². The predicted octanol–water partition coefficient (Wildman–Crippen LogP) is 2.31. The van der Waals surface area contributed by atoms with Gasteiger partial charge in [0, 0.05) is 20.2 Å². The number of hydrogen-bond acceptors (Lipinski definition) is 3. The number of nitrogens with one attached hydrogen (secondary N) is 2. The summed E-state index contributed by atoms with van der Waals surface area (Å²) in [6, 6.07) is 7.53. The molecule has 0 spiro atoms. The fraction of sp³-hybridized carbons (Fsp3) is 0.533. The van der Waals surface area contributed by atoms with E-state index in [2.05, 4.69) is 17.6 Å². The van der Waals surface area contributed by atoms with Crippen LogP contribution in [0.2, 0.25) is 0 Å². The summed E-state index contributed by atoms with van der Waals surface area (Å²) in [5.41, 5.74) is 1.04. The molecule has 0 bridgehead atoms. The van der Waals surface area contributed by atoms with E-state index < -0.39 is 0 Å². The molecule has 0 saturated carbocycles. The summed E-state index contributed by atoms with van der Waals surface area (Å²) in [5, 5.41) is 5.63. The third-order valence-corrected chi connectivity index (χ3v) is 2.75. The molecule has 20 heavy (non-hydrogen) atoms. The Kier molecular flexibility index (Phi) is 8.22. The minimum Gasteiger partial charge on any atom is -0.491 e. The highest BCUT2D eigenvalue weighted by Crippen LogP contribution is 2.11. The lowest BCUT2D eigenvalue weighted by Gasteiger charge is -2.08. The SMILES string of the molecule is CCCCNC(=O)NCc1ccc(OCCOC)cc1. The lowest BCUT2D eigenvalue weighted by atomic mass is 10.2. The van der Waals surface area contributed by atoms with Gasteiger partial charge in [-0.05, 0) is 24.1 Å². The van der Waals surface area contributed by atoms with E-state index in [1.165, 1.54) is 0 Å². The molecule has 0 unspecified atom stereocenters. The smallest absolute Gasteiger partial charge is 0.315 e. The van der Waals surface area contributed by atoms with Gasteiger partial charge < -0.3 is 20.1 Å². The fourth-order valence-corrected chi connectivity index (χ4v) is 1.57. The maximum atomic E-state index is 11.5. The van der Waals surface area contributed by atoms with E-state index in [0.29, 0.717) is 26.3 Å². The molecule has 0 aliphatic carbocycles. The molecular weight excluding hydrogens is 256 g/mol. The molecule has 0 aliphatic heterocycles. The van der Waals surface area contributed by atoms with Crippen molar-refractivity contribution in [3.8, 4) is 5.75 Å². The van der Waals surface area contributed by atoms with Crippen molar-refractivity contribution in [3.05, 3.63) is 29.8 Å².